The normalized spacial score (nSPS) is 13.8. The Morgan fingerprint density at radius 2 is 1.88 bits per heavy atom. The molecule has 4 rings (SSSR count). The Kier molecular flexibility index (Phi) is 6.48. The number of carbonyl (C=O) groups excluding carboxylic acids is 1. The highest BCUT2D eigenvalue weighted by molar-refractivity contribution is 7.89. The zero-order chi connectivity index (χ0) is 22.7. The van der Waals surface area contributed by atoms with Crippen molar-refractivity contribution in [1.82, 2.24) is 9.62 Å². The van der Waals surface area contributed by atoms with Crippen molar-refractivity contribution in [3.8, 4) is 5.75 Å². The number of ether oxygens (including phenoxy) is 1. The standard InChI is InChI=1S/C25H28N2O4S/c1-3-15-31-24-14-11-18-7-4-5-10-22(18)23(24)17-27(2)25(28)19-8-6-9-21(16-19)32(29,30)26-20-12-13-20/h4-11,14,16,20,26H,3,12-13,15,17H2,1-2H3. The number of benzene rings is 3. The molecule has 1 saturated carbocycles. The van der Waals surface area contributed by atoms with Gasteiger partial charge in [0.1, 0.15) is 5.75 Å². The minimum atomic E-state index is -3.62. The van der Waals surface area contributed by atoms with Gasteiger partial charge < -0.3 is 9.64 Å². The number of fused-ring (bicyclic) bond motifs is 1. The lowest BCUT2D eigenvalue weighted by molar-refractivity contribution is 0.0784. The average Bonchev–Trinajstić information content (AvgIpc) is 3.61. The summed E-state index contributed by atoms with van der Waals surface area (Å²) in [5, 5.41) is 2.11. The van der Waals surface area contributed by atoms with Crippen molar-refractivity contribution in [3.05, 3.63) is 71.8 Å². The van der Waals surface area contributed by atoms with Crippen LogP contribution in [-0.4, -0.2) is 38.9 Å². The fraction of sp³-hybridized carbons (Fsp3) is 0.320. The molecule has 0 unspecified atom stereocenters. The van der Waals surface area contributed by atoms with E-state index in [4.69, 9.17) is 4.74 Å². The third-order valence-electron chi connectivity index (χ3n) is 5.49. The summed E-state index contributed by atoms with van der Waals surface area (Å²) in [6.45, 7) is 2.99. The van der Waals surface area contributed by atoms with Gasteiger partial charge in [0.15, 0.2) is 0 Å². The van der Waals surface area contributed by atoms with Gasteiger partial charge in [0, 0.05) is 30.8 Å². The predicted molar refractivity (Wildman–Crippen MR) is 125 cm³/mol. The van der Waals surface area contributed by atoms with E-state index in [2.05, 4.69) is 11.6 Å². The van der Waals surface area contributed by atoms with Crippen molar-refractivity contribution in [1.29, 1.82) is 0 Å². The van der Waals surface area contributed by atoms with Gasteiger partial charge in [-0.15, -0.1) is 0 Å². The Bertz CT molecular complexity index is 1240. The van der Waals surface area contributed by atoms with E-state index in [0.717, 1.165) is 41.3 Å². The van der Waals surface area contributed by atoms with Gasteiger partial charge in [-0.05, 0) is 54.3 Å². The fourth-order valence-corrected chi connectivity index (χ4v) is 4.99. The van der Waals surface area contributed by atoms with Crippen LogP contribution in [0.15, 0.2) is 65.6 Å². The Balaban J connectivity index is 1.60. The van der Waals surface area contributed by atoms with Crippen LogP contribution in [0.25, 0.3) is 10.8 Å². The summed E-state index contributed by atoms with van der Waals surface area (Å²) in [6.07, 6.45) is 2.60. The third-order valence-corrected chi connectivity index (χ3v) is 7.01. The van der Waals surface area contributed by atoms with Crippen LogP contribution in [-0.2, 0) is 16.6 Å². The van der Waals surface area contributed by atoms with Crippen molar-refractivity contribution < 1.29 is 17.9 Å². The van der Waals surface area contributed by atoms with E-state index < -0.39 is 10.0 Å². The lowest BCUT2D eigenvalue weighted by Gasteiger charge is -2.21. The van der Waals surface area contributed by atoms with Gasteiger partial charge in [-0.1, -0.05) is 43.3 Å². The highest BCUT2D eigenvalue weighted by Gasteiger charge is 2.28. The largest absolute Gasteiger partial charge is 0.493 e. The average molecular weight is 453 g/mol. The van der Waals surface area contributed by atoms with Gasteiger partial charge in [-0.2, -0.15) is 0 Å². The number of amides is 1. The molecule has 32 heavy (non-hydrogen) atoms. The number of carbonyl (C=O) groups is 1. The molecule has 0 spiro atoms. The molecule has 1 fully saturated rings. The lowest BCUT2D eigenvalue weighted by atomic mass is 10.0. The highest BCUT2D eigenvalue weighted by Crippen LogP contribution is 2.30. The van der Waals surface area contributed by atoms with E-state index in [1.54, 1.807) is 24.1 Å². The van der Waals surface area contributed by atoms with Crippen LogP contribution in [0, 0.1) is 0 Å². The molecule has 7 heteroatoms. The summed E-state index contributed by atoms with van der Waals surface area (Å²) in [5.41, 5.74) is 1.27. The quantitative estimate of drug-likeness (QED) is 0.524. The van der Waals surface area contributed by atoms with Crippen molar-refractivity contribution in [2.24, 2.45) is 0 Å². The Morgan fingerprint density at radius 1 is 1.09 bits per heavy atom. The monoisotopic (exact) mass is 452 g/mol. The lowest BCUT2D eigenvalue weighted by Crippen LogP contribution is -2.28. The van der Waals surface area contributed by atoms with E-state index in [0.29, 0.717) is 18.7 Å². The van der Waals surface area contributed by atoms with Crippen molar-refractivity contribution in [2.45, 2.75) is 43.7 Å². The molecule has 3 aromatic rings. The molecule has 1 N–H and O–H groups in total. The maximum Gasteiger partial charge on any atom is 0.253 e. The molecule has 0 radical (unpaired) electrons. The van der Waals surface area contributed by atoms with Crippen molar-refractivity contribution >= 4 is 26.7 Å². The minimum absolute atomic E-state index is 0.00920. The van der Waals surface area contributed by atoms with Gasteiger partial charge in [0.25, 0.3) is 5.91 Å². The first-order valence-electron chi connectivity index (χ1n) is 10.9. The summed E-state index contributed by atoms with van der Waals surface area (Å²) in [6, 6.07) is 18.2. The molecule has 168 valence electrons. The van der Waals surface area contributed by atoms with Crippen LogP contribution in [0.3, 0.4) is 0 Å². The van der Waals surface area contributed by atoms with Gasteiger partial charge in [0.05, 0.1) is 11.5 Å². The zero-order valence-electron chi connectivity index (χ0n) is 18.4. The molecule has 1 aliphatic carbocycles. The minimum Gasteiger partial charge on any atom is -0.493 e. The maximum atomic E-state index is 13.2. The molecule has 0 bridgehead atoms. The molecule has 1 amide bonds. The van der Waals surface area contributed by atoms with E-state index in [9.17, 15) is 13.2 Å². The van der Waals surface area contributed by atoms with Crippen LogP contribution in [0.1, 0.15) is 42.1 Å². The number of hydrogen-bond donors (Lipinski definition) is 1. The zero-order valence-corrected chi connectivity index (χ0v) is 19.2. The van der Waals surface area contributed by atoms with E-state index in [-0.39, 0.29) is 16.8 Å². The summed E-state index contributed by atoms with van der Waals surface area (Å²) >= 11 is 0. The van der Waals surface area contributed by atoms with Crippen molar-refractivity contribution in [2.75, 3.05) is 13.7 Å². The first-order chi connectivity index (χ1) is 15.4. The SMILES string of the molecule is CCCOc1ccc2ccccc2c1CN(C)C(=O)c1cccc(S(=O)(=O)NC2CC2)c1. The smallest absolute Gasteiger partial charge is 0.253 e. The van der Waals surface area contributed by atoms with Gasteiger partial charge in [-0.3, -0.25) is 4.79 Å². The van der Waals surface area contributed by atoms with Gasteiger partial charge >= 0.3 is 0 Å². The number of rotatable bonds is 9. The number of nitrogens with one attached hydrogen (secondary N) is 1. The molecular formula is C25H28N2O4S. The molecular weight excluding hydrogens is 424 g/mol. The van der Waals surface area contributed by atoms with Crippen LogP contribution in [0.4, 0.5) is 0 Å². The molecule has 1 aliphatic rings. The van der Waals surface area contributed by atoms with E-state index in [1.807, 2.05) is 36.4 Å². The molecule has 3 aromatic carbocycles. The van der Waals surface area contributed by atoms with Gasteiger partial charge in [-0.25, -0.2) is 13.1 Å². The first-order valence-corrected chi connectivity index (χ1v) is 12.4. The van der Waals surface area contributed by atoms with Crippen LogP contribution in [0.5, 0.6) is 5.75 Å². The van der Waals surface area contributed by atoms with Crippen molar-refractivity contribution in [3.63, 3.8) is 0 Å². The molecule has 6 nitrogen and oxygen atoms in total. The van der Waals surface area contributed by atoms with E-state index >= 15 is 0 Å². The summed E-state index contributed by atoms with van der Waals surface area (Å²) in [5.74, 6) is 0.512. The third kappa shape index (κ3) is 4.95. The van der Waals surface area contributed by atoms with Gasteiger partial charge in [0.2, 0.25) is 10.0 Å². The molecule has 0 aliphatic heterocycles. The first kappa shape index (κ1) is 22.3. The predicted octanol–water partition coefficient (Wildman–Crippen LogP) is 4.34. The molecule has 0 aromatic heterocycles. The molecule has 0 heterocycles. The second-order valence-electron chi connectivity index (χ2n) is 8.20. The van der Waals surface area contributed by atoms with Crippen LogP contribution < -0.4 is 9.46 Å². The summed E-state index contributed by atoms with van der Waals surface area (Å²) < 4.78 is 33.7. The summed E-state index contributed by atoms with van der Waals surface area (Å²) in [7, 11) is -1.90. The second-order valence-corrected chi connectivity index (χ2v) is 9.91. The number of sulfonamides is 1. The highest BCUT2D eigenvalue weighted by atomic mass is 32.2. The second kappa shape index (κ2) is 9.30. The number of hydrogen-bond acceptors (Lipinski definition) is 4. The van der Waals surface area contributed by atoms with Crippen LogP contribution in [0.2, 0.25) is 0 Å². The summed E-state index contributed by atoms with van der Waals surface area (Å²) in [4.78, 5) is 14.9. The Morgan fingerprint density at radius 3 is 2.62 bits per heavy atom. The fourth-order valence-electron chi connectivity index (χ4n) is 3.64. The molecule has 0 atom stereocenters. The Labute approximate surface area is 189 Å². The van der Waals surface area contributed by atoms with Crippen LogP contribution >= 0.6 is 0 Å². The topological polar surface area (TPSA) is 75.7 Å². The molecule has 0 saturated heterocycles. The Hall–Kier alpha value is -2.90. The van der Waals surface area contributed by atoms with E-state index in [1.165, 1.54) is 12.1 Å². The number of nitrogens with zero attached hydrogens (tertiary/aromatic N) is 1. The maximum absolute atomic E-state index is 13.2.